The molecule has 12 heavy (non-hydrogen) atoms. The summed E-state index contributed by atoms with van der Waals surface area (Å²) < 4.78 is 0. The Bertz CT molecular complexity index is 126. The van der Waals surface area contributed by atoms with Crippen LogP contribution in [-0.2, 0) is 0 Å². The Hall–Kier alpha value is -0.340. The second kappa shape index (κ2) is 6.21. The van der Waals surface area contributed by atoms with Gasteiger partial charge in [0.15, 0.2) is 0 Å². The van der Waals surface area contributed by atoms with Crippen molar-refractivity contribution in [2.24, 2.45) is 0 Å². The van der Waals surface area contributed by atoms with Gasteiger partial charge < -0.3 is 0 Å². The van der Waals surface area contributed by atoms with Crippen molar-refractivity contribution in [1.82, 2.24) is 10.6 Å². The van der Waals surface area contributed by atoms with Gasteiger partial charge in [-0.15, -0.1) is 0 Å². The maximum absolute atomic E-state index is 3.21. The summed E-state index contributed by atoms with van der Waals surface area (Å²) in [6.07, 6.45) is 8.13. The lowest BCUT2D eigenvalue weighted by Gasteiger charge is -2.24. The summed E-state index contributed by atoms with van der Waals surface area (Å²) in [6.45, 7) is 4.33. The van der Waals surface area contributed by atoms with Gasteiger partial charge in [-0.05, 0) is 27.4 Å². The minimum absolute atomic E-state index is 0.0479. The number of likely N-dealkylation sites (N-methyl/N-ethyl adjacent to an activating group) is 2. The van der Waals surface area contributed by atoms with E-state index < -0.39 is 0 Å². The van der Waals surface area contributed by atoms with E-state index >= 15 is 0 Å². The first-order chi connectivity index (χ1) is 5.68. The molecule has 0 unspecified atom stereocenters. The Morgan fingerprint density at radius 1 is 1.25 bits per heavy atom. The molecule has 2 nitrogen and oxygen atoms in total. The fourth-order valence-electron chi connectivity index (χ4n) is 0.933. The van der Waals surface area contributed by atoms with Crippen molar-refractivity contribution in [1.29, 1.82) is 0 Å². The molecule has 72 valence electrons. The van der Waals surface area contributed by atoms with Crippen molar-refractivity contribution in [3.8, 4) is 0 Å². The topological polar surface area (TPSA) is 24.1 Å². The molecule has 0 aliphatic heterocycles. The van der Waals surface area contributed by atoms with E-state index in [1.165, 1.54) is 19.3 Å². The van der Waals surface area contributed by atoms with E-state index in [1.54, 1.807) is 0 Å². The van der Waals surface area contributed by atoms with Gasteiger partial charge in [0.25, 0.3) is 0 Å². The van der Waals surface area contributed by atoms with Crippen LogP contribution < -0.4 is 10.6 Å². The molecule has 0 spiro atoms. The second-order valence-electron chi connectivity index (χ2n) is 3.25. The number of unbranched alkanes of at least 4 members (excludes halogenated alkanes) is 2. The maximum Gasteiger partial charge on any atom is 0.0844 e. The molecule has 0 aromatic rings. The summed E-state index contributed by atoms with van der Waals surface area (Å²) in [4.78, 5) is 0. The van der Waals surface area contributed by atoms with Crippen LogP contribution >= 0.6 is 0 Å². The highest BCUT2D eigenvalue weighted by molar-refractivity contribution is 5.00. The zero-order chi connectivity index (χ0) is 9.45. The van der Waals surface area contributed by atoms with E-state index in [1.807, 2.05) is 14.1 Å². The van der Waals surface area contributed by atoms with Crippen LogP contribution in [0.5, 0.6) is 0 Å². The van der Waals surface area contributed by atoms with E-state index in [0.29, 0.717) is 0 Å². The first-order valence-electron chi connectivity index (χ1n) is 4.74. The third-order valence-corrected chi connectivity index (χ3v) is 2.21. The smallest absolute Gasteiger partial charge is 0.0844 e. The Balaban J connectivity index is 3.76. The van der Waals surface area contributed by atoms with Crippen molar-refractivity contribution < 1.29 is 0 Å². The van der Waals surface area contributed by atoms with Crippen LogP contribution in [0, 0.1) is 0 Å². The highest BCUT2D eigenvalue weighted by atomic mass is 15.1. The first-order valence-corrected chi connectivity index (χ1v) is 4.74. The van der Waals surface area contributed by atoms with Crippen LogP contribution in [0.4, 0.5) is 0 Å². The third-order valence-electron chi connectivity index (χ3n) is 2.21. The van der Waals surface area contributed by atoms with Crippen LogP contribution in [0.25, 0.3) is 0 Å². The number of rotatable bonds is 6. The summed E-state index contributed by atoms with van der Waals surface area (Å²) in [7, 11) is 3.92. The molecule has 0 rings (SSSR count). The Morgan fingerprint density at radius 2 is 1.83 bits per heavy atom. The van der Waals surface area contributed by atoms with Gasteiger partial charge >= 0.3 is 0 Å². The summed E-state index contributed by atoms with van der Waals surface area (Å²) in [6, 6.07) is 0. The van der Waals surface area contributed by atoms with Crippen molar-refractivity contribution >= 4 is 0 Å². The van der Waals surface area contributed by atoms with Gasteiger partial charge in [-0.25, -0.2) is 0 Å². The third kappa shape index (κ3) is 4.52. The molecule has 0 radical (unpaired) electrons. The number of nitrogens with one attached hydrogen (secondary N) is 2. The van der Waals surface area contributed by atoms with Crippen LogP contribution in [0.15, 0.2) is 12.2 Å². The van der Waals surface area contributed by atoms with E-state index in [0.717, 1.165) is 0 Å². The van der Waals surface area contributed by atoms with E-state index in [2.05, 4.69) is 36.6 Å². The fourth-order valence-corrected chi connectivity index (χ4v) is 0.933. The molecule has 0 aromatic carbocycles. The van der Waals surface area contributed by atoms with Crippen molar-refractivity contribution in [2.45, 2.75) is 38.8 Å². The number of hydrogen-bond acceptors (Lipinski definition) is 2. The zero-order valence-corrected chi connectivity index (χ0v) is 8.78. The van der Waals surface area contributed by atoms with Gasteiger partial charge in [0.2, 0.25) is 0 Å². The van der Waals surface area contributed by atoms with Crippen LogP contribution in [0.3, 0.4) is 0 Å². The highest BCUT2D eigenvalue weighted by Gasteiger charge is 2.12. The van der Waals surface area contributed by atoms with Crippen molar-refractivity contribution in [2.75, 3.05) is 14.1 Å². The fraction of sp³-hybridized carbons (Fsp3) is 0.800. The molecule has 0 aromatic heterocycles. The largest absolute Gasteiger partial charge is 0.299 e. The molecule has 0 saturated heterocycles. The average Bonchev–Trinajstić information content (AvgIpc) is 2.12. The van der Waals surface area contributed by atoms with Gasteiger partial charge in [-0.3, -0.25) is 10.6 Å². The van der Waals surface area contributed by atoms with Crippen LogP contribution in [0.2, 0.25) is 0 Å². The van der Waals surface area contributed by atoms with E-state index in [9.17, 15) is 0 Å². The van der Waals surface area contributed by atoms with Gasteiger partial charge in [-0.1, -0.05) is 31.9 Å². The molecule has 0 amide bonds. The molecular weight excluding hydrogens is 148 g/mol. The first kappa shape index (κ1) is 11.7. The molecule has 2 heteroatoms. The monoisotopic (exact) mass is 170 g/mol. The summed E-state index contributed by atoms with van der Waals surface area (Å²) in [5, 5.41) is 6.41. The molecule has 0 aliphatic carbocycles. The lowest BCUT2D eigenvalue weighted by atomic mass is 10.1. The average molecular weight is 170 g/mol. The molecule has 2 N–H and O–H groups in total. The SMILES string of the molecule is CCCCC=CC(C)(NC)NC. The van der Waals surface area contributed by atoms with Crippen LogP contribution in [0.1, 0.15) is 33.1 Å². The lowest BCUT2D eigenvalue weighted by Crippen LogP contribution is -2.49. The summed E-state index contributed by atoms with van der Waals surface area (Å²) in [5.41, 5.74) is -0.0479. The van der Waals surface area contributed by atoms with E-state index in [-0.39, 0.29) is 5.66 Å². The number of allylic oxidation sites excluding steroid dienone is 1. The van der Waals surface area contributed by atoms with Crippen LogP contribution in [-0.4, -0.2) is 19.8 Å². The molecule has 0 heterocycles. The Morgan fingerprint density at radius 3 is 2.25 bits per heavy atom. The predicted molar refractivity (Wildman–Crippen MR) is 55.2 cm³/mol. The maximum atomic E-state index is 3.21. The Labute approximate surface area is 76.4 Å². The van der Waals surface area contributed by atoms with Gasteiger partial charge in [-0.2, -0.15) is 0 Å². The van der Waals surface area contributed by atoms with Gasteiger partial charge in [0.1, 0.15) is 0 Å². The molecule has 0 saturated carbocycles. The lowest BCUT2D eigenvalue weighted by molar-refractivity contribution is 0.412. The van der Waals surface area contributed by atoms with Gasteiger partial charge in [0.05, 0.1) is 5.66 Å². The standard InChI is InChI=1S/C10H22N2/c1-5-6-7-8-9-10(2,11-3)12-4/h8-9,11-12H,5-7H2,1-4H3. The van der Waals surface area contributed by atoms with Gasteiger partial charge in [0, 0.05) is 0 Å². The second-order valence-corrected chi connectivity index (χ2v) is 3.25. The quantitative estimate of drug-likeness (QED) is 0.361. The molecular formula is C10H22N2. The molecule has 0 bridgehead atoms. The van der Waals surface area contributed by atoms with E-state index in [4.69, 9.17) is 0 Å². The summed E-state index contributed by atoms with van der Waals surface area (Å²) >= 11 is 0. The van der Waals surface area contributed by atoms with Crippen molar-refractivity contribution in [3.05, 3.63) is 12.2 Å². The zero-order valence-electron chi connectivity index (χ0n) is 8.78. The minimum Gasteiger partial charge on any atom is -0.299 e. The molecule has 0 aliphatic rings. The van der Waals surface area contributed by atoms with Crippen molar-refractivity contribution in [3.63, 3.8) is 0 Å². The summed E-state index contributed by atoms with van der Waals surface area (Å²) in [5.74, 6) is 0. The molecule has 0 atom stereocenters. The predicted octanol–water partition coefficient (Wildman–Crippen LogP) is 1.89. The Kier molecular flexibility index (Phi) is 6.03. The normalized spacial score (nSPS) is 12.7. The minimum atomic E-state index is -0.0479. The highest BCUT2D eigenvalue weighted by Crippen LogP contribution is 2.02. The number of hydrogen-bond donors (Lipinski definition) is 2. The molecule has 0 fully saturated rings.